The molecule has 0 aromatic heterocycles. The van der Waals surface area contributed by atoms with Crippen molar-refractivity contribution in [3.8, 4) is 0 Å². The van der Waals surface area contributed by atoms with Crippen molar-refractivity contribution in [3.63, 3.8) is 0 Å². The van der Waals surface area contributed by atoms with Crippen LogP contribution in [0, 0.1) is 0 Å². The van der Waals surface area contributed by atoms with Crippen molar-refractivity contribution in [2.24, 2.45) is 4.99 Å². The number of ether oxygens (including phenoxy) is 1. The van der Waals surface area contributed by atoms with Crippen LogP contribution in [0.1, 0.15) is 38.2 Å². The summed E-state index contributed by atoms with van der Waals surface area (Å²) in [4.78, 5) is 4.58. The molecule has 1 aliphatic carbocycles. The van der Waals surface area contributed by atoms with Gasteiger partial charge < -0.3 is 15.4 Å². The number of benzene rings is 1. The first kappa shape index (κ1) is 15.8. The molecule has 0 bridgehead atoms. The van der Waals surface area contributed by atoms with Crippen molar-refractivity contribution >= 4 is 5.96 Å². The molecule has 21 heavy (non-hydrogen) atoms. The quantitative estimate of drug-likeness (QED) is 0.461. The summed E-state index contributed by atoms with van der Waals surface area (Å²) in [5, 5.41) is 6.81. The summed E-state index contributed by atoms with van der Waals surface area (Å²) < 4.78 is 5.66. The molecule has 1 fully saturated rings. The number of nitrogens with one attached hydrogen (secondary N) is 2. The summed E-state index contributed by atoms with van der Waals surface area (Å²) in [7, 11) is 0. The molecule has 4 heteroatoms. The van der Waals surface area contributed by atoms with Gasteiger partial charge in [0.05, 0.1) is 19.8 Å². The second-order valence-electron chi connectivity index (χ2n) is 5.42. The molecule has 1 aromatic rings. The number of guanidine groups is 1. The van der Waals surface area contributed by atoms with Crippen LogP contribution in [0.3, 0.4) is 0 Å². The zero-order valence-corrected chi connectivity index (χ0v) is 13.0. The first-order valence-corrected chi connectivity index (χ1v) is 8.05. The average molecular weight is 289 g/mol. The third kappa shape index (κ3) is 6.17. The molecule has 0 atom stereocenters. The Hall–Kier alpha value is -1.55. The normalized spacial score (nSPS) is 16.1. The predicted octanol–water partition coefficient (Wildman–Crippen LogP) is 2.70. The second-order valence-corrected chi connectivity index (χ2v) is 5.42. The van der Waals surface area contributed by atoms with Crippen LogP contribution in [0.4, 0.5) is 0 Å². The summed E-state index contributed by atoms with van der Waals surface area (Å²) in [6.07, 6.45) is 5.18. The lowest BCUT2D eigenvalue weighted by Gasteiger charge is -2.16. The fourth-order valence-electron chi connectivity index (χ4n) is 2.57. The zero-order valence-electron chi connectivity index (χ0n) is 13.0. The van der Waals surface area contributed by atoms with Crippen molar-refractivity contribution in [1.29, 1.82) is 0 Å². The van der Waals surface area contributed by atoms with Gasteiger partial charge in [0, 0.05) is 12.6 Å². The second kappa shape index (κ2) is 9.40. The van der Waals surface area contributed by atoms with Crippen molar-refractivity contribution in [2.45, 2.75) is 45.3 Å². The maximum atomic E-state index is 5.66. The van der Waals surface area contributed by atoms with Gasteiger partial charge >= 0.3 is 0 Å². The summed E-state index contributed by atoms with van der Waals surface area (Å²) >= 11 is 0. The Kier molecular flexibility index (Phi) is 7.08. The van der Waals surface area contributed by atoms with Crippen LogP contribution in [-0.4, -0.2) is 31.7 Å². The summed E-state index contributed by atoms with van der Waals surface area (Å²) in [5.74, 6) is 0.924. The Bertz CT molecular complexity index is 413. The topological polar surface area (TPSA) is 45.7 Å². The zero-order chi connectivity index (χ0) is 14.8. The van der Waals surface area contributed by atoms with Gasteiger partial charge in [-0.1, -0.05) is 43.2 Å². The maximum Gasteiger partial charge on any atom is 0.191 e. The van der Waals surface area contributed by atoms with Crippen LogP contribution in [0.5, 0.6) is 0 Å². The lowest BCUT2D eigenvalue weighted by atomic mass is 10.2. The predicted molar refractivity (Wildman–Crippen MR) is 87.5 cm³/mol. The highest BCUT2D eigenvalue weighted by atomic mass is 16.5. The maximum absolute atomic E-state index is 5.66. The Labute approximate surface area is 128 Å². The fraction of sp³-hybridized carbons (Fsp3) is 0.588. The van der Waals surface area contributed by atoms with Crippen molar-refractivity contribution in [3.05, 3.63) is 35.9 Å². The largest absolute Gasteiger partial charge is 0.375 e. The average Bonchev–Trinajstić information content (AvgIpc) is 3.01. The number of hydrogen-bond acceptors (Lipinski definition) is 2. The lowest BCUT2D eigenvalue weighted by Crippen LogP contribution is -2.42. The molecule has 0 radical (unpaired) electrons. The molecule has 0 unspecified atom stereocenters. The number of nitrogens with zero attached hydrogens (tertiary/aromatic N) is 1. The minimum atomic E-state index is 0.591. The molecule has 2 rings (SSSR count). The van der Waals surface area contributed by atoms with Gasteiger partial charge in [0.25, 0.3) is 0 Å². The number of aliphatic imine (C=N–C) groups is 1. The third-order valence-corrected chi connectivity index (χ3v) is 3.66. The van der Waals surface area contributed by atoms with E-state index in [2.05, 4.69) is 34.7 Å². The molecular weight excluding hydrogens is 262 g/mol. The van der Waals surface area contributed by atoms with E-state index in [4.69, 9.17) is 4.74 Å². The van der Waals surface area contributed by atoms with E-state index in [0.717, 1.165) is 12.5 Å². The summed E-state index contributed by atoms with van der Waals surface area (Å²) in [5.41, 5.74) is 1.21. The minimum Gasteiger partial charge on any atom is -0.375 e. The number of rotatable bonds is 7. The van der Waals surface area contributed by atoms with E-state index in [1.54, 1.807) is 0 Å². The molecule has 0 heterocycles. The van der Waals surface area contributed by atoms with Crippen molar-refractivity contribution in [2.75, 3.05) is 19.7 Å². The molecule has 1 aromatic carbocycles. The highest BCUT2D eigenvalue weighted by Crippen LogP contribution is 2.17. The highest BCUT2D eigenvalue weighted by Gasteiger charge is 2.15. The van der Waals surface area contributed by atoms with Gasteiger partial charge in [-0.3, -0.25) is 4.99 Å². The van der Waals surface area contributed by atoms with Gasteiger partial charge in [-0.05, 0) is 25.3 Å². The Morgan fingerprint density at radius 3 is 2.71 bits per heavy atom. The van der Waals surface area contributed by atoms with Crippen LogP contribution in [0.2, 0.25) is 0 Å². The van der Waals surface area contributed by atoms with E-state index in [-0.39, 0.29) is 0 Å². The molecule has 0 saturated heterocycles. The summed E-state index contributed by atoms with van der Waals surface area (Å²) in [6.45, 7) is 4.98. The first-order chi connectivity index (χ1) is 10.4. The van der Waals surface area contributed by atoms with Crippen LogP contribution >= 0.6 is 0 Å². The molecular formula is C17H27N3O. The lowest BCUT2D eigenvalue weighted by molar-refractivity contribution is 0.128. The van der Waals surface area contributed by atoms with Gasteiger partial charge in [0.15, 0.2) is 5.96 Å². The SMILES string of the molecule is CCNC(=NCCOCc1ccccc1)NC1CCCC1. The van der Waals surface area contributed by atoms with Gasteiger partial charge in [0.2, 0.25) is 0 Å². The van der Waals surface area contributed by atoms with Crippen LogP contribution in [0.15, 0.2) is 35.3 Å². The smallest absolute Gasteiger partial charge is 0.191 e. The van der Waals surface area contributed by atoms with Crippen molar-refractivity contribution < 1.29 is 4.74 Å². The van der Waals surface area contributed by atoms with E-state index in [1.165, 1.54) is 31.2 Å². The first-order valence-electron chi connectivity index (χ1n) is 8.05. The van der Waals surface area contributed by atoms with Crippen LogP contribution in [0.25, 0.3) is 0 Å². The van der Waals surface area contributed by atoms with Gasteiger partial charge in [0.1, 0.15) is 0 Å². The Morgan fingerprint density at radius 1 is 1.24 bits per heavy atom. The van der Waals surface area contributed by atoms with E-state index in [9.17, 15) is 0 Å². The van der Waals surface area contributed by atoms with Crippen molar-refractivity contribution in [1.82, 2.24) is 10.6 Å². The van der Waals surface area contributed by atoms with E-state index in [1.807, 2.05) is 18.2 Å². The van der Waals surface area contributed by atoms with E-state index in [0.29, 0.717) is 25.8 Å². The summed E-state index contributed by atoms with van der Waals surface area (Å²) in [6, 6.07) is 10.8. The number of hydrogen-bond donors (Lipinski definition) is 2. The standard InChI is InChI=1S/C17H27N3O/c1-2-18-17(20-16-10-6-7-11-16)19-12-13-21-14-15-8-4-3-5-9-15/h3-5,8-9,16H,2,6-7,10-14H2,1H3,(H2,18,19,20). The Balaban J connectivity index is 1.66. The molecule has 116 valence electrons. The molecule has 1 saturated carbocycles. The highest BCUT2D eigenvalue weighted by molar-refractivity contribution is 5.80. The van der Waals surface area contributed by atoms with Gasteiger partial charge in [-0.15, -0.1) is 0 Å². The molecule has 0 spiro atoms. The van der Waals surface area contributed by atoms with Gasteiger partial charge in [-0.2, -0.15) is 0 Å². The van der Waals surface area contributed by atoms with E-state index >= 15 is 0 Å². The molecule has 2 N–H and O–H groups in total. The minimum absolute atomic E-state index is 0.591. The third-order valence-electron chi connectivity index (χ3n) is 3.66. The molecule has 0 amide bonds. The molecule has 4 nitrogen and oxygen atoms in total. The van der Waals surface area contributed by atoms with Crippen LogP contribution in [-0.2, 0) is 11.3 Å². The Morgan fingerprint density at radius 2 is 2.00 bits per heavy atom. The molecule has 0 aliphatic heterocycles. The monoisotopic (exact) mass is 289 g/mol. The van der Waals surface area contributed by atoms with E-state index < -0.39 is 0 Å². The fourth-order valence-corrected chi connectivity index (χ4v) is 2.57. The molecule has 1 aliphatic rings. The van der Waals surface area contributed by atoms with Gasteiger partial charge in [-0.25, -0.2) is 0 Å². The van der Waals surface area contributed by atoms with Crippen LogP contribution < -0.4 is 10.6 Å².